The smallest absolute Gasteiger partial charge is 0.251 e. The van der Waals surface area contributed by atoms with Crippen molar-refractivity contribution in [3.8, 4) is 0 Å². The van der Waals surface area contributed by atoms with E-state index in [-0.39, 0.29) is 11.9 Å². The molecule has 3 rings (SSSR count). The largest absolute Gasteiger partial charge is 0.390 e. The van der Waals surface area contributed by atoms with Gasteiger partial charge in [-0.2, -0.15) is 0 Å². The summed E-state index contributed by atoms with van der Waals surface area (Å²) in [7, 11) is 1.66. The highest BCUT2D eigenvalue weighted by atomic mass is 16.5. The summed E-state index contributed by atoms with van der Waals surface area (Å²) in [4.78, 5) is 17.4. The number of hydrogen-bond acceptors (Lipinski definition) is 6. The van der Waals surface area contributed by atoms with Crippen LogP contribution < -0.4 is 16.0 Å². The number of carbonyl (C=O) groups is 1. The molecule has 1 aliphatic rings. The van der Waals surface area contributed by atoms with Crippen molar-refractivity contribution < 1.29 is 14.6 Å². The molecule has 2 heterocycles. The lowest BCUT2D eigenvalue weighted by atomic mass is 9.92. The number of amides is 1. The number of nitrogens with one attached hydrogen (secondary N) is 3. The maximum atomic E-state index is 13.3. The van der Waals surface area contributed by atoms with Crippen LogP contribution in [0.1, 0.15) is 73.4 Å². The van der Waals surface area contributed by atoms with Gasteiger partial charge in [0, 0.05) is 43.8 Å². The van der Waals surface area contributed by atoms with E-state index in [4.69, 9.17) is 4.74 Å². The predicted molar refractivity (Wildman–Crippen MR) is 145 cm³/mol. The summed E-state index contributed by atoms with van der Waals surface area (Å²) >= 11 is 0. The molecular formula is C29H44N4O3. The molecule has 36 heavy (non-hydrogen) atoms. The van der Waals surface area contributed by atoms with Crippen molar-refractivity contribution in [1.29, 1.82) is 0 Å². The number of anilines is 1. The molecule has 198 valence electrons. The van der Waals surface area contributed by atoms with Gasteiger partial charge in [0.2, 0.25) is 0 Å². The Morgan fingerprint density at radius 2 is 1.89 bits per heavy atom. The van der Waals surface area contributed by atoms with Crippen LogP contribution in [0.3, 0.4) is 0 Å². The lowest BCUT2D eigenvalue weighted by Crippen LogP contribution is -2.48. The first-order valence-electron chi connectivity index (χ1n) is 13.5. The van der Waals surface area contributed by atoms with Crippen LogP contribution in [0, 0.1) is 5.92 Å². The second-order valence-corrected chi connectivity index (χ2v) is 10.1. The number of methoxy groups -OCH3 is 1. The Labute approximate surface area is 216 Å². The Kier molecular flexibility index (Phi) is 12.2. The third kappa shape index (κ3) is 9.88. The van der Waals surface area contributed by atoms with Gasteiger partial charge in [0.1, 0.15) is 0 Å². The molecule has 7 heteroatoms. The van der Waals surface area contributed by atoms with Crippen molar-refractivity contribution in [3.63, 3.8) is 0 Å². The van der Waals surface area contributed by atoms with E-state index in [1.807, 2.05) is 30.3 Å². The standard InChI is InChI=1S/C29H44N4O3/c1-22-8-6-4-3-5-7-12-32-26-18-24(21-36-2)17-25(19-26)29(35)33-27(16-22)28(34)20-31-15-11-23-9-13-30-14-10-23/h9-10,13-14,17-19,22,27-28,31-32,34H,3-8,11-12,15-16,20-21H2,1-2H3,(H,33,35)/t22-,27+,28-/m1/s1. The maximum absolute atomic E-state index is 13.3. The van der Waals surface area contributed by atoms with Crippen molar-refractivity contribution in [2.45, 2.75) is 77.0 Å². The first kappa shape index (κ1) is 28.1. The zero-order chi connectivity index (χ0) is 25.6. The number of pyridine rings is 1. The minimum absolute atomic E-state index is 0.156. The number of ether oxygens (including phenoxy) is 1. The van der Waals surface area contributed by atoms with Gasteiger partial charge < -0.3 is 25.8 Å². The first-order valence-corrected chi connectivity index (χ1v) is 13.5. The van der Waals surface area contributed by atoms with Crippen LogP contribution in [0.15, 0.2) is 42.7 Å². The van der Waals surface area contributed by atoms with Gasteiger partial charge >= 0.3 is 0 Å². The molecular weight excluding hydrogens is 452 g/mol. The predicted octanol–water partition coefficient (Wildman–Crippen LogP) is 4.31. The molecule has 0 unspecified atom stereocenters. The number of fused-ring (bicyclic) bond motifs is 2. The summed E-state index contributed by atoms with van der Waals surface area (Å²) in [5.74, 6) is 0.267. The fourth-order valence-corrected chi connectivity index (χ4v) is 4.85. The maximum Gasteiger partial charge on any atom is 0.251 e. The van der Waals surface area contributed by atoms with Crippen molar-refractivity contribution in [2.24, 2.45) is 5.92 Å². The van der Waals surface area contributed by atoms with E-state index in [2.05, 4.69) is 27.9 Å². The summed E-state index contributed by atoms with van der Waals surface area (Å²) in [5, 5.41) is 21.1. The van der Waals surface area contributed by atoms with Gasteiger partial charge in [-0.3, -0.25) is 9.78 Å². The molecule has 1 amide bonds. The van der Waals surface area contributed by atoms with Crippen LogP contribution >= 0.6 is 0 Å². The third-order valence-electron chi connectivity index (χ3n) is 6.90. The zero-order valence-corrected chi connectivity index (χ0v) is 22.0. The molecule has 1 aromatic carbocycles. The summed E-state index contributed by atoms with van der Waals surface area (Å²) in [6.45, 7) is 4.75. The number of rotatable bonds is 8. The van der Waals surface area contributed by atoms with Crippen LogP contribution in [-0.4, -0.2) is 54.9 Å². The lowest BCUT2D eigenvalue weighted by Gasteiger charge is -2.27. The molecule has 2 aromatic rings. The van der Waals surface area contributed by atoms with Crippen LogP contribution in [0.4, 0.5) is 5.69 Å². The third-order valence-corrected chi connectivity index (χ3v) is 6.90. The molecule has 2 bridgehead atoms. The van der Waals surface area contributed by atoms with E-state index in [0.29, 0.717) is 24.6 Å². The highest BCUT2D eigenvalue weighted by Crippen LogP contribution is 2.21. The average molecular weight is 497 g/mol. The number of nitrogens with zero attached hydrogens (tertiary/aromatic N) is 1. The van der Waals surface area contributed by atoms with Crippen molar-refractivity contribution in [2.75, 3.05) is 32.1 Å². The fraction of sp³-hybridized carbons (Fsp3) is 0.586. The molecule has 7 nitrogen and oxygen atoms in total. The fourth-order valence-electron chi connectivity index (χ4n) is 4.85. The summed E-state index contributed by atoms with van der Waals surface area (Å²) in [6.07, 6.45) is 11.6. The second kappa shape index (κ2) is 15.6. The number of carbonyl (C=O) groups excluding carboxylic acids is 1. The van der Waals surface area contributed by atoms with Crippen LogP contribution in [0.2, 0.25) is 0 Å². The molecule has 0 radical (unpaired) electrons. The number of aromatic nitrogens is 1. The van der Waals surface area contributed by atoms with Crippen molar-refractivity contribution in [1.82, 2.24) is 15.6 Å². The molecule has 0 spiro atoms. The normalized spacial score (nSPS) is 20.8. The number of aliphatic hydroxyl groups is 1. The minimum Gasteiger partial charge on any atom is -0.390 e. The van der Waals surface area contributed by atoms with Gasteiger partial charge in [-0.1, -0.05) is 39.0 Å². The van der Waals surface area contributed by atoms with Crippen LogP contribution in [0.25, 0.3) is 0 Å². The van der Waals surface area contributed by atoms with Crippen LogP contribution in [-0.2, 0) is 17.8 Å². The van der Waals surface area contributed by atoms with Gasteiger partial charge in [-0.15, -0.1) is 0 Å². The Balaban J connectivity index is 1.69. The summed E-state index contributed by atoms with van der Waals surface area (Å²) in [6, 6.07) is 9.51. The Morgan fingerprint density at radius 3 is 2.69 bits per heavy atom. The quantitative estimate of drug-likeness (QED) is 0.407. The molecule has 0 saturated carbocycles. The van der Waals surface area contributed by atoms with E-state index in [9.17, 15) is 9.90 Å². The monoisotopic (exact) mass is 496 g/mol. The lowest BCUT2D eigenvalue weighted by molar-refractivity contribution is 0.0794. The summed E-state index contributed by atoms with van der Waals surface area (Å²) < 4.78 is 5.33. The highest BCUT2D eigenvalue weighted by Gasteiger charge is 2.24. The van der Waals surface area contributed by atoms with Crippen LogP contribution in [0.5, 0.6) is 0 Å². The molecule has 1 aliphatic heterocycles. The number of hydrogen-bond donors (Lipinski definition) is 4. The Morgan fingerprint density at radius 1 is 1.11 bits per heavy atom. The molecule has 1 aromatic heterocycles. The molecule has 3 atom stereocenters. The average Bonchev–Trinajstić information content (AvgIpc) is 2.87. The van der Waals surface area contributed by atoms with Gasteiger partial charge in [0.25, 0.3) is 5.91 Å². The Bertz CT molecular complexity index is 909. The Hall–Kier alpha value is -2.48. The molecule has 0 saturated heterocycles. The number of benzene rings is 1. The zero-order valence-electron chi connectivity index (χ0n) is 22.0. The summed E-state index contributed by atoms with van der Waals surface area (Å²) in [5.41, 5.74) is 3.69. The van der Waals surface area contributed by atoms with Gasteiger partial charge in [0.05, 0.1) is 18.8 Å². The molecule has 4 N–H and O–H groups in total. The number of aliphatic hydroxyl groups excluding tert-OH is 1. The molecule has 0 fully saturated rings. The van der Waals surface area contributed by atoms with E-state index in [1.54, 1.807) is 19.5 Å². The molecule has 0 aliphatic carbocycles. The van der Waals surface area contributed by atoms with Gasteiger partial charge in [0.15, 0.2) is 0 Å². The topological polar surface area (TPSA) is 95.5 Å². The second-order valence-electron chi connectivity index (χ2n) is 10.1. The van der Waals surface area contributed by atoms with E-state index < -0.39 is 6.10 Å². The minimum atomic E-state index is -0.674. The SMILES string of the molecule is COCc1cc2cc(c1)C(=O)N[C@H]([C@H](O)CNCCc1ccncc1)C[C@H](C)CCCCCCCN2. The van der Waals surface area contributed by atoms with E-state index >= 15 is 0 Å². The first-order chi connectivity index (χ1) is 17.5. The van der Waals surface area contributed by atoms with E-state index in [0.717, 1.165) is 50.0 Å². The van der Waals surface area contributed by atoms with Gasteiger partial charge in [-0.25, -0.2) is 0 Å². The van der Waals surface area contributed by atoms with Gasteiger partial charge in [-0.05, 0) is 73.2 Å². The van der Waals surface area contributed by atoms with E-state index in [1.165, 1.54) is 31.2 Å². The highest BCUT2D eigenvalue weighted by molar-refractivity contribution is 5.95. The van der Waals surface area contributed by atoms with Crippen molar-refractivity contribution in [3.05, 3.63) is 59.4 Å². The van der Waals surface area contributed by atoms with Crippen molar-refractivity contribution >= 4 is 11.6 Å².